The average molecular weight is 375 g/mol. The number of rotatable bonds is 2. The van der Waals surface area contributed by atoms with Crippen LogP contribution in [-0.4, -0.2) is 27.2 Å². The van der Waals surface area contributed by atoms with Crippen LogP contribution in [0.15, 0.2) is 53.7 Å². The average Bonchev–Trinajstić information content (AvgIpc) is 3.34. The molecular weight excluding hydrogens is 358 g/mol. The number of fused-ring (bicyclic) bond motifs is 2. The van der Waals surface area contributed by atoms with Crippen molar-refractivity contribution in [3.05, 3.63) is 81.5 Å². The third-order valence-electron chi connectivity index (χ3n) is 5.16. The molecule has 28 heavy (non-hydrogen) atoms. The summed E-state index contributed by atoms with van der Waals surface area (Å²) in [5, 5.41) is 0. The maximum absolute atomic E-state index is 13.2. The molecule has 0 N–H and O–H groups in total. The minimum atomic E-state index is -0.349. The summed E-state index contributed by atoms with van der Waals surface area (Å²) < 4.78 is 12.2. The van der Waals surface area contributed by atoms with E-state index in [-0.39, 0.29) is 23.8 Å². The Hall–Kier alpha value is -3.61. The molecule has 4 heterocycles. The zero-order valence-corrected chi connectivity index (χ0v) is 15.2. The molecule has 7 heteroatoms. The predicted octanol–water partition coefficient (Wildman–Crippen LogP) is 2.43. The lowest BCUT2D eigenvalue weighted by molar-refractivity contribution is 0.0748. The van der Waals surface area contributed by atoms with Gasteiger partial charge in [0.05, 0.1) is 5.69 Å². The van der Waals surface area contributed by atoms with Gasteiger partial charge in [0.15, 0.2) is 11.5 Å². The highest BCUT2D eigenvalue weighted by Crippen LogP contribution is 2.33. The fourth-order valence-electron chi connectivity index (χ4n) is 3.65. The Bertz CT molecular complexity index is 1140. The topological polar surface area (TPSA) is 73.7 Å². The van der Waals surface area contributed by atoms with Gasteiger partial charge in [0.25, 0.3) is 11.5 Å². The fraction of sp³-hybridized carbons (Fsp3) is 0.190. The lowest BCUT2D eigenvalue weighted by atomic mass is 10.1. The summed E-state index contributed by atoms with van der Waals surface area (Å²) in [6.45, 7) is 2.88. The quantitative estimate of drug-likeness (QED) is 0.688. The second-order valence-corrected chi connectivity index (χ2v) is 6.89. The first-order valence-corrected chi connectivity index (χ1v) is 8.95. The van der Waals surface area contributed by atoms with Gasteiger partial charge in [-0.05, 0) is 47.9 Å². The van der Waals surface area contributed by atoms with Crippen LogP contribution in [0.1, 0.15) is 27.0 Å². The van der Waals surface area contributed by atoms with Crippen LogP contribution in [0.2, 0.25) is 0 Å². The third-order valence-corrected chi connectivity index (χ3v) is 5.16. The van der Waals surface area contributed by atoms with Gasteiger partial charge in [-0.1, -0.05) is 0 Å². The van der Waals surface area contributed by atoms with Crippen molar-refractivity contribution >= 4 is 5.91 Å². The Morgan fingerprint density at radius 1 is 1.07 bits per heavy atom. The summed E-state index contributed by atoms with van der Waals surface area (Å²) in [5.41, 5.74) is 3.19. The van der Waals surface area contributed by atoms with Crippen molar-refractivity contribution in [2.75, 3.05) is 6.79 Å². The summed E-state index contributed by atoms with van der Waals surface area (Å²) in [6.07, 6.45) is 5.16. The summed E-state index contributed by atoms with van der Waals surface area (Å²) >= 11 is 0. The SMILES string of the molecule is Cc1ccn(-c2ccc3c(c2)OCO3)c(=O)c1C(=O)N1Cc2ccncc2C1. The molecule has 7 nitrogen and oxygen atoms in total. The highest BCUT2D eigenvalue weighted by molar-refractivity contribution is 5.95. The smallest absolute Gasteiger partial charge is 0.268 e. The van der Waals surface area contributed by atoms with Crippen LogP contribution in [0.3, 0.4) is 0 Å². The van der Waals surface area contributed by atoms with E-state index >= 15 is 0 Å². The molecular formula is C21H17N3O4. The first-order chi connectivity index (χ1) is 13.6. The molecule has 2 aromatic heterocycles. The van der Waals surface area contributed by atoms with E-state index in [1.54, 1.807) is 54.7 Å². The van der Waals surface area contributed by atoms with Crippen molar-refractivity contribution in [1.29, 1.82) is 0 Å². The summed E-state index contributed by atoms with van der Waals surface area (Å²) in [6, 6.07) is 8.96. The van der Waals surface area contributed by atoms with Crippen molar-refractivity contribution in [2.24, 2.45) is 0 Å². The molecule has 0 aliphatic carbocycles. The van der Waals surface area contributed by atoms with E-state index < -0.39 is 0 Å². The largest absolute Gasteiger partial charge is 0.454 e. The molecule has 0 fully saturated rings. The Morgan fingerprint density at radius 3 is 2.75 bits per heavy atom. The number of benzene rings is 1. The van der Waals surface area contributed by atoms with Crippen LogP contribution < -0.4 is 15.0 Å². The lowest BCUT2D eigenvalue weighted by Gasteiger charge is -2.17. The number of amides is 1. The standard InChI is InChI=1S/C21H17N3O4/c1-13-5-7-24(16-2-3-17-18(8-16)28-12-27-17)21(26)19(13)20(25)23-10-14-4-6-22-9-15(14)11-23/h2-9H,10-12H2,1H3. The number of pyridine rings is 2. The molecule has 2 aliphatic heterocycles. The summed E-state index contributed by atoms with van der Waals surface area (Å²) in [7, 11) is 0. The number of carbonyl (C=O) groups is 1. The van der Waals surface area contributed by atoms with Gasteiger partial charge in [-0.2, -0.15) is 0 Å². The first kappa shape index (κ1) is 16.6. The number of hydrogen-bond acceptors (Lipinski definition) is 5. The fourth-order valence-corrected chi connectivity index (χ4v) is 3.65. The molecule has 2 aliphatic rings. The number of aryl methyl sites for hydroxylation is 1. The van der Waals surface area contributed by atoms with Crippen LogP contribution in [0.4, 0.5) is 0 Å². The zero-order chi connectivity index (χ0) is 19.3. The van der Waals surface area contributed by atoms with Gasteiger partial charge in [0, 0.05) is 37.7 Å². The lowest BCUT2D eigenvalue weighted by Crippen LogP contribution is -2.34. The molecule has 0 saturated carbocycles. The normalized spacial score (nSPS) is 14.2. The van der Waals surface area contributed by atoms with Crippen LogP contribution in [0, 0.1) is 6.92 Å². The second kappa shape index (κ2) is 6.23. The molecule has 5 rings (SSSR count). The van der Waals surface area contributed by atoms with Crippen molar-refractivity contribution in [3.63, 3.8) is 0 Å². The summed E-state index contributed by atoms with van der Waals surface area (Å²) in [5.74, 6) is 0.956. The minimum absolute atomic E-state index is 0.162. The van der Waals surface area contributed by atoms with Crippen molar-refractivity contribution in [1.82, 2.24) is 14.5 Å². The summed E-state index contributed by atoms with van der Waals surface area (Å²) in [4.78, 5) is 32.2. The van der Waals surface area contributed by atoms with E-state index in [1.165, 1.54) is 4.57 Å². The van der Waals surface area contributed by atoms with Crippen LogP contribution in [-0.2, 0) is 13.1 Å². The van der Waals surface area contributed by atoms with Gasteiger partial charge in [0.2, 0.25) is 6.79 Å². The highest BCUT2D eigenvalue weighted by Gasteiger charge is 2.28. The molecule has 0 saturated heterocycles. The molecule has 0 radical (unpaired) electrons. The number of aromatic nitrogens is 2. The Balaban J connectivity index is 1.53. The first-order valence-electron chi connectivity index (χ1n) is 8.95. The van der Waals surface area contributed by atoms with Crippen molar-refractivity contribution in [3.8, 4) is 17.2 Å². The van der Waals surface area contributed by atoms with Gasteiger partial charge in [0.1, 0.15) is 5.56 Å². The van der Waals surface area contributed by atoms with Crippen molar-refractivity contribution in [2.45, 2.75) is 20.0 Å². The van der Waals surface area contributed by atoms with Crippen molar-refractivity contribution < 1.29 is 14.3 Å². The molecule has 1 amide bonds. The van der Waals surface area contributed by atoms with Crippen LogP contribution in [0.25, 0.3) is 5.69 Å². The van der Waals surface area contributed by atoms with Gasteiger partial charge in [-0.3, -0.25) is 19.1 Å². The van der Waals surface area contributed by atoms with Gasteiger partial charge >= 0.3 is 0 Å². The zero-order valence-electron chi connectivity index (χ0n) is 15.2. The molecule has 0 spiro atoms. The molecule has 140 valence electrons. The van der Waals surface area contributed by atoms with E-state index in [2.05, 4.69) is 4.98 Å². The Kier molecular flexibility index (Phi) is 3.68. The van der Waals surface area contributed by atoms with E-state index in [0.29, 0.717) is 35.8 Å². The van der Waals surface area contributed by atoms with E-state index in [4.69, 9.17) is 9.47 Å². The number of hydrogen-bond donors (Lipinski definition) is 0. The van der Waals surface area contributed by atoms with Gasteiger partial charge < -0.3 is 14.4 Å². The minimum Gasteiger partial charge on any atom is -0.454 e. The number of carbonyl (C=O) groups excluding carboxylic acids is 1. The number of nitrogens with zero attached hydrogens (tertiary/aromatic N) is 3. The Morgan fingerprint density at radius 2 is 1.89 bits per heavy atom. The molecule has 0 unspecified atom stereocenters. The number of ether oxygens (including phenoxy) is 2. The van der Waals surface area contributed by atoms with E-state index in [0.717, 1.165) is 11.1 Å². The van der Waals surface area contributed by atoms with Crippen LogP contribution in [0.5, 0.6) is 11.5 Å². The molecule has 0 bridgehead atoms. The molecule has 3 aromatic rings. The van der Waals surface area contributed by atoms with Crippen LogP contribution >= 0.6 is 0 Å². The third kappa shape index (κ3) is 2.55. The molecule has 0 atom stereocenters. The van der Waals surface area contributed by atoms with E-state index in [9.17, 15) is 9.59 Å². The van der Waals surface area contributed by atoms with E-state index in [1.807, 2.05) is 6.07 Å². The Labute approximate surface area is 160 Å². The maximum atomic E-state index is 13.2. The highest BCUT2D eigenvalue weighted by atomic mass is 16.7. The van der Waals surface area contributed by atoms with Gasteiger partial charge in [-0.25, -0.2) is 0 Å². The van der Waals surface area contributed by atoms with Gasteiger partial charge in [-0.15, -0.1) is 0 Å². The molecule has 1 aromatic carbocycles. The second-order valence-electron chi connectivity index (χ2n) is 6.89. The monoisotopic (exact) mass is 375 g/mol. The predicted molar refractivity (Wildman–Crippen MR) is 101 cm³/mol. The maximum Gasteiger partial charge on any atom is 0.268 e.